The van der Waals surface area contributed by atoms with Crippen LogP contribution in [0, 0.1) is 11.8 Å². The highest BCUT2D eigenvalue weighted by molar-refractivity contribution is 6.04. The van der Waals surface area contributed by atoms with Crippen molar-refractivity contribution in [3.8, 4) is 5.75 Å². The van der Waals surface area contributed by atoms with Crippen LogP contribution in [-0.2, 0) is 28.7 Å². The van der Waals surface area contributed by atoms with Crippen LogP contribution in [0.25, 0.3) is 0 Å². The molecule has 11 heteroatoms. The van der Waals surface area contributed by atoms with Crippen LogP contribution in [0.5, 0.6) is 5.75 Å². The van der Waals surface area contributed by atoms with E-state index < -0.39 is 53.6 Å². The first kappa shape index (κ1) is 31.2. The number of nitrogens with zero attached hydrogens (tertiary/aromatic N) is 2. The highest BCUT2D eigenvalue weighted by Gasteiger charge is 2.75. The van der Waals surface area contributed by atoms with Gasteiger partial charge in [-0.25, -0.2) is 0 Å². The van der Waals surface area contributed by atoms with Crippen LogP contribution in [0.15, 0.2) is 49.6 Å². The second kappa shape index (κ2) is 13.1. The fourth-order valence-corrected chi connectivity index (χ4v) is 6.46. The van der Waals surface area contributed by atoms with E-state index in [1.165, 1.54) is 9.80 Å². The molecule has 3 amide bonds. The van der Waals surface area contributed by atoms with Gasteiger partial charge in [0.15, 0.2) is 0 Å². The molecule has 0 aliphatic carbocycles. The van der Waals surface area contributed by atoms with Gasteiger partial charge in [0.05, 0.1) is 44.2 Å². The molecule has 0 saturated carbocycles. The lowest BCUT2D eigenvalue weighted by Crippen LogP contribution is -2.58. The lowest BCUT2D eigenvalue weighted by Gasteiger charge is -2.38. The minimum atomic E-state index is -1.25. The van der Waals surface area contributed by atoms with Crippen LogP contribution < -0.4 is 15.0 Å². The number of hydrogen-bond donors (Lipinski definition) is 2. The van der Waals surface area contributed by atoms with Crippen molar-refractivity contribution in [2.24, 2.45) is 11.8 Å². The van der Waals surface area contributed by atoms with E-state index in [1.54, 1.807) is 57.4 Å². The molecule has 7 atom stereocenters. The molecular weight excluding hydrogens is 542 g/mol. The zero-order valence-corrected chi connectivity index (χ0v) is 24.5. The van der Waals surface area contributed by atoms with Crippen LogP contribution >= 0.6 is 0 Å². The normalized spacial score (nSPS) is 27.1. The maximum atomic E-state index is 14.4. The standard InChI is InChI=1S/C31H41N3O8/c1-6-8-9-24(36)32-17-20(4)41-30(39)25-23-14-15-31(42-23)26(25)28(37)34(19(3)18-35)27(31)29(38)33(16-7-2)21-10-12-22(40-5)13-11-21/h6-7,10-13,19-20,23,25-27,35H,1-2,8-9,14-18H2,3-5H3,(H,32,36)/t19-,20+,23+,25-,26-,27+,31-/m1/s1. The number of methoxy groups -OCH3 is 1. The summed E-state index contributed by atoms with van der Waals surface area (Å²) in [6.45, 7) is 10.7. The maximum absolute atomic E-state index is 14.4. The predicted molar refractivity (Wildman–Crippen MR) is 155 cm³/mol. The molecule has 1 spiro atoms. The van der Waals surface area contributed by atoms with Gasteiger partial charge < -0.3 is 34.4 Å². The molecule has 3 heterocycles. The SMILES string of the molecule is C=CCCC(=O)NC[C@H](C)OC(=O)[C@@H]1[C@@H]2CC[C@]3(O2)[C@H](C(=O)N(CC=C)c2ccc(OC)cc2)N([C@H](C)CO)C(=O)[C@@H]13. The Morgan fingerprint density at radius 1 is 1.24 bits per heavy atom. The largest absolute Gasteiger partial charge is 0.497 e. The molecule has 0 aromatic heterocycles. The number of amides is 3. The van der Waals surface area contributed by atoms with Gasteiger partial charge in [-0.2, -0.15) is 0 Å². The van der Waals surface area contributed by atoms with Gasteiger partial charge in [0.25, 0.3) is 5.91 Å². The van der Waals surface area contributed by atoms with E-state index >= 15 is 0 Å². The average Bonchev–Trinajstić information content (AvgIpc) is 3.64. The number of aliphatic hydroxyl groups is 1. The minimum Gasteiger partial charge on any atom is -0.497 e. The number of esters is 1. The van der Waals surface area contributed by atoms with E-state index in [-0.39, 0.29) is 37.9 Å². The molecule has 228 valence electrons. The first-order chi connectivity index (χ1) is 20.1. The number of benzene rings is 1. The van der Waals surface area contributed by atoms with E-state index in [4.69, 9.17) is 14.2 Å². The van der Waals surface area contributed by atoms with E-state index in [2.05, 4.69) is 18.5 Å². The van der Waals surface area contributed by atoms with Crippen LogP contribution in [0.1, 0.15) is 39.5 Å². The van der Waals surface area contributed by atoms with Gasteiger partial charge in [0, 0.05) is 18.7 Å². The third-order valence-electron chi connectivity index (χ3n) is 8.42. The molecule has 42 heavy (non-hydrogen) atoms. The highest BCUT2D eigenvalue weighted by atomic mass is 16.6. The molecule has 4 rings (SSSR count). The monoisotopic (exact) mass is 583 g/mol. The molecule has 11 nitrogen and oxygen atoms in total. The van der Waals surface area contributed by atoms with Crippen molar-refractivity contribution in [1.29, 1.82) is 0 Å². The Morgan fingerprint density at radius 2 is 1.95 bits per heavy atom. The Balaban J connectivity index is 1.61. The van der Waals surface area contributed by atoms with Crippen molar-refractivity contribution in [1.82, 2.24) is 10.2 Å². The first-order valence-corrected chi connectivity index (χ1v) is 14.4. The Kier molecular flexibility index (Phi) is 9.73. The third-order valence-corrected chi connectivity index (χ3v) is 8.42. The number of allylic oxidation sites excluding steroid dienone is 1. The Hall–Kier alpha value is -3.70. The summed E-state index contributed by atoms with van der Waals surface area (Å²) >= 11 is 0. The molecule has 0 radical (unpaired) electrons. The summed E-state index contributed by atoms with van der Waals surface area (Å²) in [5.41, 5.74) is -0.669. The Bertz CT molecular complexity index is 1200. The summed E-state index contributed by atoms with van der Waals surface area (Å²) in [7, 11) is 1.55. The molecular formula is C31H41N3O8. The number of nitrogens with one attached hydrogen (secondary N) is 1. The number of carbonyl (C=O) groups excluding carboxylic acids is 4. The van der Waals surface area contributed by atoms with Gasteiger partial charge in [-0.1, -0.05) is 12.2 Å². The number of ether oxygens (including phenoxy) is 3. The Labute approximate surface area is 246 Å². The molecule has 1 aromatic rings. The van der Waals surface area contributed by atoms with Gasteiger partial charge in [0.2, 0.25) is 11.8 Å². The number of anilines is 1. The van der Waals surface area contributed by atoms with Gasteiger partial charge in [-0.3, -0.25) is 19.2 Å². The van der Waals surface area contributed by atoms with Crippen molar-refractivity contribution in [3.63, 3.8) is 0 Å². The summed E-state index contributed by atoms with van der Waals surface area (Å²) in [6, 6.07) is 5.20. The topological polar surface area (TPSA) is 135 Å². The average molecular weight is 584 g/mol. The minimum absolute atomic E-state index is 0.122. The van der Waals surface area contributed by atoms with E-state index in [9.17, 15) is 24.3 Å². The zero-order valence-electron chi connectivity index (χ0n) is 24.5. The number of carbonyl (C=O) groups is 4. The second-order valence-electron chi connectivity index (χ2n) is 11.1. The van der Waals surface area contributed by atoms with Crippen LogP contribution in [0.3, 0.4) is 0 Å². The molecule has 3 aliphatic heterocycles. The maximum Gasteiger partial charge on any atom is 0.312 e. The van der Waals surface area contributed by atoms with Gasteiger partial charge >= 0.3 is 5.97 Å². The van der Waals surface area contributed by atoms with Crippen LogP contribution in [0.4, 0.5) is 5.69 Å². The van der Waals surface area contributed by atoms with Gasteiger partial charge in [0.1, 0.15) is 23.5 Å². The number of aliphatic hydroxyl groups excluding tert-OH is 1. The van der Waals surface area contributed by atoms with Gasteiger partial charge in [-0.05, 0) is 57.4 Å². The van der Waals surface area contributed by atoms with Crippen LogP contribution in [-0.4, -0.2) is 90.4 Å². The molecule has 2 N–H and O–H groups in total. The Morgan fingerprint density at radius 3 is 2.57 bits per heavy atom. The smallest absolute Gasteiger partial charge is 0.312 e. The lowest BCUT2D eigenvalue weighted by atomic mass is 9.70. The number of likely N-dealkylation sites (tertiary alicyclic amines) is 1. The summed E-state index contributed by atoms with van der Waals surface area (Å²) < 4.78 is 17.4. The number of fused-ring (bicyclic) bond motifs is 1. The van der Waals surface area contributed by atoms with Crippen molar-refractivity contribution in [3.05, 3.63) is 49.6 Å². The molecule has 3 saturated heterocycles. The van der Waals surface area contributed by atoms with E-state index in [0.717, 1.165) is 0 Å². The van der Waals surface area contributed by atoms with Crippen molar-refractivity contribution < 1.29 is 38.5 Å². The highest BCUT2D eigenvalue weighted by Crippen LogP contribution is 2.59. The molecule has 3 aliphatic rings. The van der Waals surface area contributed by atoms with Crippen molar-refractivity contribution in [2.75, 3.05) is 31.7 Å². The molecule has 1 aromatic carbocycles. The van der Waals surface area contributed by atoms with Gasteiger partial charge in [-0.15, -0.1) is 13.2 Å². The second-order valence-corrected chi connectivity index (χ2v) is 11.1. The lowest BCUT2D eigenvalue weighted by molar-refractivity contribution is -0.159. The quantitative estimate of drug-likeness (QED) is 0.251. The molecule has 3 fully saturated rings. The van der Waals surface area contributed by atoms with Crippen LogP contribution in [0.2, 0.25) is 0 Å². The zero-order chi connectivity index (χ0) is 30.6. The van der Waals surface area contributed by atoms with E-state index in [1.807, 2.05) is 0 Å². The fraction of sp³-hybridized carbons (Fsp3) is 0.548. The third kappa shape index (κ3) is 5.67. The summed E-state index contributed by atoms with van der Waals surface area (Å²) in [5, 5.41) is 12.8. The predicted octanol–water partition coefficient (Wildman–Crippen LogP) is 1.98. The molecule has 0 unspecified atom stereocenters. The first-order valence-electron chi connectivity index (χ1n) is 14.4. The fourth-order valence-electron chi connectivity index (χ4n) is 6.46. The summed E-state index contributed by atoms with van der Waals surface area (Å²) in [6.07, 6.45) is 3.73. The number of rotatable bonds is 14. The van der Waals surface area contributed by atoms with E-state index in [0.29, 0.717) is 30.7 Å². The number of hydrogen-bond acceptors (Lipinski definition) is 8. The van der Waals surface area contributed by atoms with Crippen molar-refractivity contribution >= 4 is 29.4 Å². The summed E-state index contributed by atoms with van der Waals surface area (Å²) in [5.74, 6) is -2.82. The molecule has 2 bridgehead atoms. The summed E-state index contributed by atoms with van der Waals surface area (Å²) in [4.78, 5) is 56.9. The van der Waals surface area contributed by atoms with Crippen molar-refractivity contribution in [2.45, 2.75) is 69.4 Å².